The normalized spacial score (nSPS) is 30.0. The van der Waals surface area contributed by atoms with Crippen molar-refractivity contribution in [3.63, 3.8) is 0 Å². The molecule has 21 heavy (non-hydrogen) atoms. The van der Waals surface area contributed by atoms with Gasteiger partial charge >= 0.3 is 0 Å². The highest BCUT2D eigenvalue weighted by Gasteiger charge is 2.42. The van der Waals surface area contributed by atoms with E-state index in [-0.39, 0.29) is 0 Å². The Labute approximate surface area is 122 Å². The lowest BCUT2D eigenvalue weighted by Crippen LogP contribution is -2.37. The predicted octanol–water partition coefficient (Wildman–Crippen LogP) is 0.143. The fraction of sp³-hybridized carbons (Fsp3) is 0.571. The summed E-state index contributed by atoms with van der Waals surface area (Å²) in [6.07, 6.45) is -0.214. The van der Waals surface area contributed by atoms with E-state index in [2.05, 4.69) is 15.0 Å². The quantitative estimate of drug-likeness (QED) is 0.595. The van der Waals surface area contributed by atoms with Gasteiger partial charge in [0.15, 0.2) is 0 Å². The predicted molar refractivity (Wildman–Crippen MR) is 76.7 cm³/mol. The number of aliphatic hydroxyl groups is 3. The van der Waals surface area contributed by atoms with Crippen LogP contribution in [0.5, 0.6) is 0 Å². The molecule has 0 radical (unpaired) electrons. The number of nitrogens with zero attached hydrogens (tertiary/aromatic N) is 2. The molecule has 1 aliphatic heterocycles. The third kappa shape index (κ3) is 3.38. The zero-order valence-electron chi connectivity index (χ0n) is 12.3. The largest absolute Gasteiger partial charge is 0.391 e. The maximum Gasteiger partial charge on any atom is 0.140 e. The lowest BCUT2D eigenvalue weighted by Gasteiger charge is -2.16. The van der Waals surface area contributed by atoms with E-state index in [4.69, 9.17) is 9.84 Å². The molecular weight excluding hydrogens is 274 g/mol. The molecule has 2 aromatic rings. The number of hydrogen-bond acceptors (Lipinski definition) is 6. The highest BCUT2D eigenvalue weighted by Crippen LogP contribution is 2.22. The van der Waals surface area contributed by atoms with Crippen LogP contribution in [0.3, 0.4) is 0 Å². The third-order valence-electron chi connectivity index (χ3n) is 3.57. The van der Waals surface area contributed by atoms with Crippen molar-refractivity contribution in [2.24, 2.45) is 0 Å². The molecule has 0 aliphatic carbocycles. The van der Waals surface area contributed by atoms with Crippen LogP contribution in [0.1, 0.15) is 19.5 Å². The van der Waals surface area contributed by atoms with Crippen LogP contribution in [0, 0.1) is 6.92 Å². The standard InChI is InChI=1S/C7H7N3.C7H14O4/c1-5-6-2-3-8-7(6)10-4-9-5;1-3(8)7-6(10)5(9)4(2)11-7/h2-4H,1H3,(H,8,9,10);3-10H,1-2H3/t;3-,4-,5-,6-,7+/m.0/s1. The van der Waals surface area contributed by atoms with Crippen LogP contribution >= 0.6 is 0 Å². The molecular formula is C14H21N3O4. The van der Waals surface area contributed by atoms with Crippen molar-refractivity contribution in [2.75, 3.05) is 0 Å². The van der Waals surface area contributed by atoms with E-state index in [0.717, 1.165) is 16.7 Å². The number of aliphatic hydroxyl groups excluding tert-OH is 3. The number of nitrogens with one attached hydrogen (secondary N) is 1. The lowest BCUT2D eigenvalue weighted by atomic mass is 10.1. The van der Waals surface area contributed by atoms with Crippen LogP contribution < -0.4 is 0 Å². The van der Waals surface area contributed by atoms with Gasteiger partial charge in [-0.15, -0.1) is 0 Å². The van der Waals surface area contributed by atoms with Gasteiger partial charge in [-0.25, -0.2) is 9.97 Å². The van der Waals surface area contributed by atoms with E-state index in [0.29, 0.717) is 0 Å². The fourth-order valence-electron chi connectivity index (χ4n) is 2.28. The highest BCUT2D eigenvalue weighted by molar-refractivity contribution is 5.77. The summed E-state index contributed by atoms with van der Waals surface area (Å²) < 4.78 is 5.10. The molecule has 3 rings (SSSR count). The summed E-state index contributed by atoms with van der Waals surface area (Å²) in [6.45, 7) is 5.16. The van der Waals surface area contributed by atoms with Crippen molar-refractivity contribution >= 4 is 11.0 Å². The minimum atomic E-state index is -0.968. The molecule has 1 saturated heterocycles. The molecule has 0 saturated carbocycles. The van der Waals surface area contributed by atoms with Gasteiger partial charge in [0.1, 0.15) is 30.3 Å². The van der Waals surface area contributed by atoms with Gasteiger partial charge in [0.2, 0.25) is 0 Å². The summed E-state index contributed by atoms with van der Waals surface area (Å²) in [7, 11) is 0. The summed E-state index contributed by atoms with van der Waals surface area (Å²) in [5, 5.41) is 28.6. The minimum absolute atomic E-state index is 0.399. The van der Waals surface area contributed by atoms with E-state index in [1.54, 1.807) is 13.3 Å². The van der Waals surface area contributed by atoms with Crippen LogP contribution in [0.4, 0.5) is 0 Å². The summed E-state index contributed by atoms with van der Waals surface area (Å²) in [4.78, 5) is 11.1. The van der Waals surface area contributed by atoms with Crippen molar-refractivity contribution in [1.82, 2.24) is 15.0 Å². The zero-order chi connectivity index (χ0) is 15.6. The minimum Gasteiger partial charge on any atom is -0.391 e. The molecule has 1 fully saturated rings. The molecule has 0 amide bonds. The van der Waals surface area contributed by atoms with Crippen LogP contribution in [0.2, 0.25) is 0 Å². The first-order valence-electron chi connectivity index (χ1n) is 6.86. The number of fused-ring (bicyclic) bond motifs is 1. The van der Waals surface area contributed by atoms with Crippen LogP contribution in [0.25, 0.3) is 11.0 Å². The SMILES string of the molecule is C[C@H](O)[C@H]1O[C@@H](C)[C@H](O)[C@@H]1O.Cc1ncnc2[nH]ccc12. The Morgan fingerprint density at radius 2 is 2.00 bits per heavy atom. The van der Waals surface area contributed by atoms with Crippen molar-refractivity contribution < 1.29 is 20.1 Å². The monoisotopic (exact) mass is 295 g/mol. The Balaban J connectivity index is 0.000000154. The van der Waals surface area contributed by atoms with Crippen molar-refractivity contribution in [2.45, 2.75) is 51.3 Å². The van der Waals surface area contributed by atoms with Gasteiger partial charge in [-0.05, 0) is 26.8 Å². The summed E-state index contributed by atoms with van der Waals surface area (Å²) in [5.74, 6) is 0. The summed E-state index contributed by atoms with van der Waals surface area (Å²) in [6, 6.07) is 1.98. The maximum absolute atomic E-state index is 9.26. The van der Waals surface area contributed by atoms with E-state index in [1.807, 2.05) is 19.2 Å². The topological polar surface area (TPSA) is 111 Å². The molecule has 1 aliphatic rings. The average Bonchev–Trinajstić information content (AvgIpc) is 3.01. The number of aromatic amines is 1. The number of ether oxygens (including phenoxy) is 1. The number of aromatic nitrogens is 3. The zero-order valence-corrected chi connectivity index (χ0v) is 12.3. The Bertz CT molecular complexity index is 586. The molecule has 5 atom stereocenters. The van der Waals surface area contributed by atoms with Gasteiger partial charge in [0, 0.05) is 11.6 Å². The van der Waals surface area contributed by atoms with Crippen molar-refractivity contribution in [3.8, 4) is 0 Å². The lowest BCUT2D eigenvalue weighted by molar-refractivity contribution is -0.0546. The number of hydrogen-bond donors (Lipinski definition) is 4. The second-order valence-corrected chi connectivity index (χ2v) is 5.23. The third-order valence-corrected chi connectivity index (χ3v) is 3.57. The molecule has 3 heterocycles. The molecule has 7 nitrogen and oxygen atoms in total. The Morgan fingerprint density at radius 3 is 2.48 bits per heavy atom. The molecule has 7 heteroatoms. The van der Waals surface area contributed by atoms with Gasteiger partial charge in [-0.2, -0.15) is 0 Å². The first-order valence-corrected chi connectivity index (χ1v) is 6.86. The van der Waals surface area contributed by atoms with Gasteiger partial charge < -0.3 is 25.0 Å². The van der Waals surface area contributed by atoms with E-state index in [1.165, 1.54) is 6.92 Å². The molecule has 116 valence electrons. The van der Waals surface area contributed by atoms with Crippen LogP contribution in [-0.4, -0.2) is 60.8 Å². The van der Waals surface area contributed by atoms with E-state index < -0.39 is 30.5 Å². The van der Waals surface area contributed by atoms with Crippen LogP contribution in [0.15, 0.2) is 18.6 Å². The molecule has 0 bridgehead atoms. The average molecular weight is 295 g/mol. The maximum atomic E-state index is 9.26. The van der Waals surface area contributed by atoms with E-state index >= 15 is 0 Å². The first kappa shape index (κ1) is 15.8. The van der Waals surface area contributed by atoms with Crippen LogP contribution in [-0.2, 0) is 4.74 Å². The highest BCUT2D eigenvalue weighted by atomic mass is 16.6. The number of aryl methyl sites for hydroxylation is 1. The smallest absolute Gasteiger partial charge is 0.140 e. The Morgan fingerprint density at radius 1 is 1.29 bits per heavy atom. The summed E-state index contributed by atoms with van der Waals surface area (Å²) in [5.41, 5.74) is 1.93. The Hall–Kier alpha value is -1.54. The van der Waals surface area contributed by atoms with Crippen molar-refractivity contribution in [3.05, 3.63) is 24.3 Å². The molecule has 0 unspecified atom stereocenters. The van der Waals surface area contributed by atoms with Gasteiger partial charge in [0.25, 0.3) is 0 Å². The second-order valence-electron chi connectivity index (χ2n) is 5.23. The summed E-state index contributed by atoms with van der Waals surface area (Å²) >= 11 is 0. The molecule has 0 aromatic carbocycles. The molecule has 4 N–H and O–H groups in total. The Kier molecular flexibility index (Phi) is 4.89. The molecule has 2 aromatic heterocycles. The fourth-order valence-corrected chi connectivity index (χ4v) is 2.28. The molecule has 0 spiro atoms. The van der Waals surface area contributed by atoms with Gasteiger partial charge in [-0.1, -0.05) is 0 Å². The number of rotatable bonds is 1. The van der Waals surface area contributed by atoms with Gasteiger partial charge in [-0.3, -0.25) is 0 Å². The first-order chi connectivity index (χ1) is 9.91. The van der Waals surface area contributed by atoms with Crippen molar-refractivity contribution in [1.29, 1.82) is 0 Å². The van der Waals surface area contributed by atoms with Gasteiger partial charge in [0.05, 0.1) is 17.9 Å². The number of H-pyrrole nitrogens is 1. The van der Waals surface area contributed by atoms with E-state index in [9.17, 15) is 10.2 Å². The second kappa shape index (κ2) is 6.48.